The second-order valence-electron chi connectivity index (χ2n) is 2.32. The minimum absolute atomic E-state index is 0.00449. The van der Waals surface area contributed by atoms with Crippen molar-refractivity contribution in [3.05, 3.63) is 29.6 Å². The lowest BCUT2D eigenvalue weighted by molar-refractivity contribution is -0.105. The van der Waals surface area contributed by atoms with Gasteiger partial charge in [-0.3, -0.25) is 4.79 Å². The molecule has 0 aliphatic heterocycles. The SMILES string of the molecule is NC(=S)c1ccc(NC=O)cc1F. The average molecular weight is 198 g/mol. The van der Waals surface area contributed by atoms with Crippen LogP contribution in [0.15, 0.2) is 18.2 Å². The second-order valence-corrected chi connectivity index (χ2v) is 2.76. The highest BCUT2D eigenvalue weighted by atomic mass is 32.1. The van der Waals surface area contributed by atoms with Crippen LogP contribution in [0.1, 0.15) is 5.56 Å². The van der Waals surface area contributed by atoms with Gasteiger partial charge in [-0.2, -0.15) is 0 Å². The summed E-state index contributed by atoms with van der Waals surface area (Å²) in [6.07, 6.45) is 0.467. The summed E-state index contributed by atoms with van der Waals surface area (Å²) >= 11 is 4.61. The van der Waals surface area contributed by atoms with E-state index in [1.54, 1.807) is 0 Å². The molecule has 0 heterocycles. The zero-order valence-electron chi connectivity index (χ0n) is 6.58. The van der Waals surface area contributed by atoms with Crippen LogP contribution in [0.25, 0.3) is 0 Å². The molecular formula is C8H7FN2OS. The van der Waals surface area contributed by atoms with Crippen LogP contribution in [0.3, 0.4) is 0 Å². The summed E-state index contributed by atoms with van der Waals surface area (Å²) in [5.74, 6) is -0.542. The van der Waals surface area contributed by atoms with Crippen LogP contribution >= 0.6 is 12.2 Å². The van der Waals surface area contributed by atoms with Gasteiger partial charge in [0.1, 0.15) is 10.8 Å². The molecule has 0 saturated heterocycles. The van der Waals surface area contributed by atoms with Crippen molar-refractivity contribution in [2.24, 2.45) is 5.73 Å². The van der Waals surface area contributed by atoms with E-state index < -0.39 is 5.82 Å². The topological polar surface area (TPSA) is 55.1 Å². The normalized spacial score (nSPS) is 9.31. The van der Waals surface area contributed by atoms with Crippen LogP contribution in [-0.2, 0) is 4.79 Å². The van der Waals surface area contributed by atoms with Gasteiger partial charge in [0.15, 0.2) is 0 Å². The van der Waals surface area contributed by atoms with E-state index >= 15 is 0 Å². The van der Waals surface area contributed by atoms with Crippen molar-refractivity contribution in [1.29, 1.82) is 0 Å². The van der Waals surface area contributed by atoms with Gasteiger partial charge in [0, 0.05) is 11.3 Å². The predicted molar refractivity (Wildman–Crippen MR) is 52.0 cm³/mol. The third-order valence-electron chi connectivity index (χ3n) is 1.46. The maximum absolute atomic E-state index is 13.1. The van der Waals surface area contributed by atoms with Crippen molar-refractivity contribution in [3.63, 3.8) is 0 Å². The number of amides is 1. The Hall–Kier alpha value is -1.49. The van der Waals surface area contributed by atoms with Gasteiger partial charge in [-0.1, -0.05) is 12.2 Å². The molecule has 0 unspecified atom stereocenters. The van der Waals surface area contributed by atoms with Crippen LogP contribution < -0.4 is 11.1 Å². The first-order chi connectivity index (χ1) is 6.15. The van der Waals surface area contributed by atoms with Gasteiger partial charge in [-0.05, 0) is 18.2 Å². The number of carbonyl (C=O) groups is 1. The van der Waals surface area contributed by atoms with Crippen LogP contribution in [0.5, 0.6) is 0 Å². The number of carbonyl (C=O) groups excluding carboxylic acids is 1. The molecule has 13 heavy (non-hydrogen) atoms. The molecule has 3 nitrogen and oxygen atoms in total. The fourth-order valence-electron chi connectivity index (χ4n) is 0.873. The Bertz CT molecular complexity index is 354. The number of halogens is 1. The van der Waals surface area contributed by atoms with Crippen molar-refractivity contribution < 1.29 is 9.18 Å². The highest BCUT2D eigenvalue weighted by molar-refractivity contribution is 7.80. The van der Waals surface area contributed by atoms with E-state index in [9.17, 15) is 9.18 Å². The van der Waals surface area contributed by atoms with Gasteiger partial charge in [0.25, 0.3) is 0 Å². The molecule has 68 valence electrons. The van der Waals surface area contributed by atoms with Gasteiger partial charge < -0.3 is 11.1 Å². The van der Waals surface area contributed by atoms with Crippen molar-refractivity contribution in [2.45, 2.75) is 0 Å². The van der Waals surface area contributed by atoms with Crippen molar-refractivity contribution in [1.82, 2.24) is 0 Å². The van der Waals surface area contributed by atoms with E-state index in [0.717, 1.165) is 6.07 Å². The Morgan fingerprint density at radius 3 is 2.77 bits per heavy atom. The molecule has 0 saturated carbocycles. The Balaban J connectivity index is 3.05. The monoisotopic (exact) mass is 198 g/mol. The van der Waals surface area contributed by atoms with Gasteiger partial charge in [0.2, 0.25) is 6.41 Å². The maximum Gasteiger partial charge on any atom is 0.211 e. The summed E-state index contributed by atoms with van der Waals surface area (Å²) in [7, 11) is 0. The molecule has 0 bridgehead atoms. The van der Waals surface area contributed by atoms with E-state index in [1.165, 1.54) is 12.1 Å². The number of anilines is 1. The maximum atomic E-state index is 13.1. The summed E-state index contributed by atoms with van der Waals surface area (Å²) < 4.78 is 13.1. The lowest BCUT2D eigenvalue weighted by atomic mass is 10.2. The van der Waals surface area contributed by atoms with Crippen LogP contribution in [0.2, 0.25) is 0 Å². The molecule has 0 spiro atoms. The largest absolute Gasteiger partial charge is 0.389 e. The lowest BCUT2D eigenvalue weighted by Crippen LogP contribution is -2.11. The first-order valence-corrected chi connectivity index (χ1v) is 3.85. The second kappa shape index (κ2) is 3.95. The smallest absolute Gasteiger partial charge is 0.211 e. The van der Waals surface area contributed by atoms with E-state index in [4.69, 9.17) is 5.73 Å². The number of hydrogen-bond donors (Lipinski definition) is 2. The summed E-state index contributed by atoms with van der Waals surface area (Å²) in [6, 6.07) is 4.10. The first kappa shape index (κ1) is 9.60. The standard InChI is InChI=1S/C8H7FN2OS/c9-7-3-5(11-4-12)1-2-6(7)8(10)13/h1-4H,(H2,10,13)(H,11,12). The van der Waals surface area contributed by atoms with Gasteiger partial charge in [-0.15, -0.1) is 0 Å². The molecule has 0 aliphatic carbocycles. The molecular weight excluding hydrogens is 191 g/mol. The molecule has 1 aromatic carbocycles. The fourth-order valence-corrected chi connectivity index (χ4v) is 1.04. The number of nitrogens with one attached hydrogen (secondary N) is 1. The van der Waals surface area contributed by atoms with E-state index in [2.05, 4.69) is 17.5 Å². The predicted octanol–water partition coefficient (Wildman–Crippen LogP) is 1.03. The van der Waals surface area contributed by atoms with Crippen LogP contribution in [0.4, 0.5) is 10.1 Å². The number of benzene rings is 1. The molecule has 1 rings (SSSR count). The first-order valence-electron chi connectivity index (χ1n) is 3.44. The van der Waals surface area contributed by atoms with Crippen LogP contribution in [0, 0.1) is 5.82 Å². The molecule has 0 atom stereocenters. The molecule has 0 aliphatic rings. The number of hydrogen-bond acceptors (Lipinski definition) is 2. The van der Waals surface area contributed by atoms with E-state index in [0.29, 0.717) is 12.1 Å². The Morgan fingerprint density at radius 1 is 1.62 bits per heavy atom. The molecule has 0 radical (unpaired) electrons. The number of rotatable bonds is 3. The molecule has 1 aromatic rings. The quantitative estimate of drug-likeness (QED) is 0.563. The van der Waals surface area contributed by atoms with Gasteiger partial charge in [0.05, 0.1) is 0 Å². The lowest BCUT2D eigenvalue weighted by Gasteiger charge is -2.02. The molecule has 1 amide bonds. The zero-order chi connectivity index (χ0) is 9.84. The molecule has 5 heteroatoms. The van der Waals surface area contributed by atoms with Crippen molar-refractivity contribution >= 4 is 29.3 Å². The van der Waals surface area contributed by atoms with E-state index in [1.807, 2.05) is 0 Å². The minimum Gasteiger partial charge on any atom is -0.389 e. The minimum atomic E-state index is -0.542. The Kier molecular flexibility index (Phi) is 2.92. The molecule has 3 N–H and O–H groups in total. The van der Waals surface area contributed by atoms with Gasteiger partial charge >= 0.3 is 0 Å². The fraction of sp³-hybridized carbons (Fsp3) is 0. The highest BCUT2D eigenvalue weighted by Crippen LogP contribution is 2.13. The van der Waals surface area contributed by atoms with Gasteiger partial charge in [-0.25, -0.2) is 4.39 Å². The summed E-state index contributed by atoms with van der Waals surface area (Å²) in [6.45, 7) is 0. The number of nitrogens with two attached hydrogens (primary N) is 1. The molecule has 0 aromatic heterocycles. The summed E-state index contributed by atoms with van der Waals surface area (Å²) in [4.78, 5) is 10.0. The number of thiocarbonyl (C=S) groups is 1. The zero-order valence-corrected chi connectivity index (χ0v) is 7.40. The van der Waals surface area contributed by atoms with Crippen molar-refractivity contribution in [3.8, 4) is 0 Å². The Labute approximate surface area is 79.7 Å². The third kappa shape index (κ3) is 2.22. The summed E-state index contributed by atoms with van der Waals surface area (Å²) in [5, 5.41) is 2.31. The van der Waals surface area contributed by atoms with Crippen LogP contribution in [-0.4, -0.2) is 11.4 Å². The van der Waals surface area contributed by atoms with E-state index in [-0.39, 0.29) is 10.6 Å². The Morgan fingerprint density at radius 2 is 2.31 bits per heavy atom. The average Bonchev–Trinajstić information content (AvgIpc) is 2.04. The highest BCUT2D eigenvalue weighted by Gasteiger charge is 2.04. The third-order valence-corrected chi connectivity index (χ3v) is 1.68. The summed E-state index contributed by atoms with van der Waals surface area (Å²) in [5.41, 5.74) is 5.78. The van der Waals surface area contributed by atoms with Crippen molar-refractivity contribution in [2.75, 3.05) is 5.32 Å². The molecule has 0 fully saturated rings.